The van der Waals surface area contributed by atoms with Gasteiger partial charge in [0.05, 0.1) is 7.11 Å². The van der Waals surface area contributed by atoms with Crippen LogP contribution in [-0.2, 0) is 6.42 Å². The Morgan fingerprint density at radius 1 is 1.33 bits per heavy atom. The highest BCUT2D eigenvalue weighted by atomic mass is 16.5. The molecule has 1 unspecified atom stereocenters. The number of methoxy groups -OCH3 is 1. The Morgan fingerprint density at radius 3 is 2.78 bits per heavy atom. The van der Waals surface area contributed by atoms with E-state index in [1.54, 1.807) is 7.11 Å². The maximum absolute atomic E-state index is 5.39. The van der Waals surface area contributed by atoms with E-state index in [0.29, 0.717) is 6.04 Å². The molecule has 0 bridgehead atoms. The van der Waals surface area contributed by atoms with Crippen molar-refractivity contribution < 1.29 is 4.74 Å². The number of rotatable bonds is 7. The first-order valence-electron chi connectivity index (χ1n) is 6.56. The van der Waals surface area contributed by atoms with E-state index in [4.69, 9.17) is 4.74 Å². The van der Waals surface area contributed by atoms with Gasteiger partial charge in [-0.05, 0) is 37.9 Å². The first kappa shape index (κ1) is 14.6. The van der Waals surface area contributed by atoms with E-state index < -0.39 is 0 Å². The molecule has 0 spiro atoms. The molecule has 1 rings (SSSR count). The third-order valence-corrected chi connectivity index (χ3v) is 2.87. The molecular formula is C16H23NO. The van der Waals surface area contributed by atoms with Crippen molar-refractivity contribution in [1.29, 1.82) is 0 Å². The monoisotopic (exact) mass is 245 g/mol. The largest absolute Gasteiger partial charge is 0.496 e. The fraction of sp³-hybridized carbons (Fsp3) is 0.500. The smallest absolute Gasteiger partial charge is 0.122 e. The average molecular weight is 245 g/mol. The van der Waals surface area contributed by atoms with E-state index in [-0.39, 0.29) is 0 Å². The number of hydrogen-bond donors (Lipinski definition) is 1. The van der Waals surface area contributed by atoms with E-state index in [0.717, 1.165) is 31.6 Å². The van der Waals surface area contributed by atoms with E-state index >= 15 is 0 Å². The third-order valence-electron chi connectivity index (χ3n) is 2.87. The van der Waals surface area contributed by atoms with Crippen LogP contribution in [0.2, 0.25) is 0 Å². The summed E-state index contributed by atoms with van der Waals surface area (Å²) in [5.41, 5.74) is 1.24. The van der Waals surface area contributed by atoms with Crippen molar-refractivity contribution in [3.8, 4) is 17.6 Å². The third kappa shape index (κ3) is 4.81. The van der Waals surface area contributed by atoms with Crippen molar-refractivity contribution in [3.05, 3.63) is 29.8 Å². The molecule has 18 heavy (non-hydrogen) atoms. The van der Waals surface area contributed by atoms with Crippen molar-refractivity contribution >= 4 is 0 Å². The highest BCUT2D eigenvalue weighted by molar-refractivity contribution is 5.34. The van der Waals surface area contributed by atoms with Crippen LogP contribution in [0.1, 0.15) is 32.3 Å². The van der Waals surface area contributed by atoms with Crippen molar-refractivity contribution in [2.45, 2.75) is 39.2 Å². The molecular weight excluding hydrogens is 222 g/mol. The molecule has 98 valence electrons. The number of benzene rings is 1. The van der Waals surface area contributed by atoms with Gasteiger partial charge in [0.2, 0.25) is 0 Å². The minimum atomic E-state index is 0.397. The summed E-state index contributed by atoms with van der Waals surface area (Å²) in [6, 6.07) is 8.59. The summed E-state index contributed by atoms with van der Waals surface area (Å²) in [7, 11) is 1.72. The van der Waals surface area contributed by atoms with E-state index in [9.17, 15) is 0 Å². The summed E-state index contributed by atoms with van der Waals surface area (Å²) in [5, 5.41) is 3.55. The van der Waals surface area contributed by atoms with Crippen molar-refractivity contribution in [1.82, 2.24) is 5.32 Å². The number of hydrogen-bond acceptors (Lipinski definition) is 2. The molecule has 0 amide bonds. The maximum atomic E-state index is 5.39. The lowest BCUT2D eigenvalue weighted by molar-refractivity contribution is 0.405. The van der Waals surface area contributed by atoms with Gasteiger partial charge in [0.1, 0.15) is 5.75 Å². The zero-order valence-electron chi connectivity index (χ0n) is 11.6. The van der Waals surface area contributed by atoms with E-state index in [1.165, 1.54) is 5.56 Å². The molecule has 1 atom stereocenters. The van der Waals surface area contributed by atoms with Crippen LogP contribution in [0, 0.1) is 11.8 Å². The van der Waals surface area contributed by atoms with Gasteiger partial charge in [-0.25, -0.2) is 0 Å². The molecule has 1 N–H and O–H groups in total. The molecule has 0 saturated heterocycles. The van der Waals surface area contributed by atoms with Crippen LogP contribution in [0.15, 0.2) is 24.3 Å². The van der Waals surface area contributed by atoms with Gasteiger partial charge < -0.3 is 10.1 Å². The Balaban J connectivity index is 2.70. The topological polar surface area (TPSA) is 21.3 Å². The highest BCUT2D eigenvalue weighted by Gasteiger charge is 2.10. The fourth-order valence-corrected chi connectivity index (χ4v) is 1.93. The second kappa shape index (κ2) is 8.60. The number of para-hydroxylation sites is 1. The zero-order valence-corrected chi connectivity index (χ0v) is 11.6. The lowest BCUT2D eigenvalue weighted by Gasteiger charge is -2.17. The molecule has 0 fully saturated rings. The van der Waals surface area contributed by atoms with Gasteiger partial charge in [-0.15, -0.1) is 11.8 Å². The summed E-state index contributed by atoms with van der Waals surface area (Å²) >= 11 is 0. The van der Waals surface area contributed by atoms with Crippen molar-refractivity contribution in [2.75, 3.05) is 13.7 Å². The van der Waals surface area contributed by atoms with Gasteiger partial charge in [-0.1, -0.05) is 25.1 Å². The number of ether oxygens (including phenoxy) is 1. The SMILES string of the molecule is CC#CCC(Cc1ccccc1OC)NCCC. The molecule has 1 aromatic carbocycles. The lowest BCUT2D eigenvalue weighted by atomic mass is 10.0. The van der Waals surface area contributed by atoms with E-state index in [2.05, 4.69) is 36.2 Å². The maximum Gasteiger partial charge on any atom is 0.122 e. The molecule has 0 saturated carbocycles. The van der Waals surface area contributed by atoms with Crippen molar-refractivity contribution in [3.63, 3.8) is 0 Å². The summed E-state index contributed by atoms with van der Waals surface area (Å²) < 4.78 is 5.39. The fourth-order valence-electron chi connectivity index (χ4n) is 1.93. The molecule has 0 aromatic heterocycles. The summed E-state index contributed by atoms with van der Waals surface area (Å²) in [6.45, 7) is 5.10. The molecule has 0 radical (unpaired) electrons. The first-order valence-corrected chi connectivity index (χ1v) is 6.56. The standard InChI is InChI=1S/C16H23NO/c1-4-6-10-15(17-12-5-2)13-14-9-7-8-11-16(14)18-3/h7-9,11,15,17H,5,10,12-13H2,1-3H3. The second-order valence-electron chi connectivity index (χ2n) is 4.30. The molecule has 0 aliphatic rings. The Kier molecular flexibility index (Phi) is 6.98. The minimum absolute atomic E-state index is 0.397. The van der Waals surface area contributed by atoms with Crippen LogP contribution in [0.25, 0.3) is 0 Å². The zero-order chi connectivity index (χ0) is 13.2. The van der Waals surface area contributed by atoms with Gasteiger partial charge in [0.25, 0.3) is 0 Å². The van der Waals surface area contributed by atoms with Crippen LogP contribution >= 0.6 is 0 Å². The van der Waals surface area contributed by atoms with Gasteiger partial charge in [0.15, 0.2) is 0 Å². The highest BCUT2D eigenvalue weighted by Crippen LogP contribution is 2.19. The van der Waals surface area contributed by atoms with E-state index in [1.807, 2.05) is 19.1 Å². The molecule has 0 aliphatic carbocycles. The minimum Gasteiger partial charge on any atom is -0.496 e. The normalized spacial score (nSPS) is 11.5. The first-order chi connectivity index (χ1) is 8.81. The Hall–Kier alpha value is -1.46. The molecule has 0 aliphatic heterocycles. The second-order valence-corrected chi connectivity index (χ2v) is 4.30. The Morgan fingerprint density at radius 2 is 2.11 bits per heavy atom. The average Bonchev–Trinajstić information content (AvgIpc) is 2.42. The predicted octanol–water partition coefficient (Wildman–Crippen LogP) is 3.02. The summed E-state index contributed by atoms with van der Waals surface area (Å²) in [4.78, 5) is 0. The molecule has 0 heterocycles. The number of nitrogens with one attached hydrogen (secondary N) is 1. The molecule has 1 aromatic rings. The summed E-state index contributed by atoms with van der Waals surface area (Å²) in [5.74, 6) is 7.09. The quantitative estimate of drug-likeness (QED) is 0.746. The van der Waals surface area contributed by atoms with Gasteiger partial charge >= 0.3 is 0 Å². The van der Waals surface area contributed by atoms with Crippen LogP contribution < -0.4 is 10.1 Å². The Bertz CT molecular complexity index is 403. The van der Waals surface area contributed by atoms with Gasteiger partial charge in [-0.2, -0.15) is 0 Å². The van der Waals surface area contributed by atoms with Gasteiger partial charge in [-0.3, -0.25) is 0 Å². The van der Waals surface area contributed by atoms with Crippen LogP contribution in [-0.4, -0.2) is 19.7 Å². The van der Waals surface area contributed by atoms with Gasteiger partial charge in [0, 0.05) is 12.5 Å². The summed E-state index contributed by atoms with van der Waals surface area (Å²) in [6.07, 6.45) is 2.98. The van der Waals surface area contributed by atoms with Crippen LogP contribution in [0.5, 0.6) is 5.75 Å². The molecule has 2 nitrogen and oxygen atoms in total. The molecule has 2 heteroatoms. The lowest BCUT2D eigenvalue weighted by Crippen LogP contribution is -2.31. The predicted molar refractivity (Wildman–Crippen MR) is 76.8 cm³/mol. The van der Waals surface area contributed by atoms with Crippen LogP contribution in [0.3, 0.4) is 0 Å². The van der Waals surface area contributed by atoms with Crippen LogP contribution in [0.4, 0.5) is 0 Å². The van der Waals surface area contributed by atoms with Crippen molar-refractivity contribution in [2.24, 2.45) is 0 Å². The Labute approximate surface area is 111 Å².